The van der Waals surface area contributed by atoms with Gasteiger partial charge in [0.05, 0.1) is 29.2 Å². The van der Waals surface area contributed by atoms with Gasteiger partial charge in [0, 0.05) is 19.2 Å². The fourth-order valence-electron chi connectivity index (χ4n) is 4.86. The van der Waals surface area contributed by atoms with Gasteiger partial charge in [0.2, 0.25) is 5.95 Å². The summed E-state index contributed by atoms with van der Waals surface area (Å²) in [7, 11) is 1.73. The first-order valence-electron chi connectivity index (χ1n) is 10.3. The van der Waals surface area contributed by atoms with Gasteiger partial charge in [0.15, 0.2) is 11.3 Å². The fourth-order valence-corrected chi connectivity index (χ4v) is 5.05. The van der Waals surface area contributed by atoms with Crippen molar-refractivity contribution in [1.82, 2.24) is 33.7 Å². The van der Waals surface area contributed by atoms with E-state index in [-0.39, 0.29) is 23.3 Å². The van der Waals surface area contributed by atoms with Crippen LogP contribution in [0.5, 0.6) is 0 Å². The van der Waals surface area contributed by atoms with E-state index in [0.29, 0.717) is 39.9 Å². The molecule has 4 aromatic heterocycles. The minimum Gasteiger partial charge on any atom is -0.393 e. The van der Waals surface area contributed by atoms with Crippen molar-refractivity contribution in [3.8, 4) is 0 Å². The van der Waals surface area contributed by atoms with E-state index in [1.165, 1.54) is 6.33 Å². The predicted octanol–water partition coefficient (Wildman–Crippen LogP) is 2.44. The quantitative estimate of drug-likeness (QED) is 0.502. The molecule has 4 heterocycles. The standard InChI is InChI=1S/C20H21ClN8O2/c1-27-14-8-22-18(25-13-9-28-16(6-12(13)21)23-10-24-28)26-17(14)29(19(27)31)11-2-3-15(30)20(7-11)4-5-20/h6,8-11,15,30H,2-5,7H2,1H3,(H,22,25,26). The molecular formula is C20H21ClN8O2. The van der Waals surface area contributed by atoms with Gasteiger partial charge >= 0.3 is 5.69 Å². The van der Waals surface area contributed by atoms with Gasteiger partial charge in [0.25, 0.3) is 0 Å². The normalized spacial score (nSPS) is 22.4. The molecule has 11 heteroatoms. The molecule has 2 aliphatic carbocycles. The number of fused-ring (bicyclic) bond motifs is 2. The summed E-state index contributed by atoms with van der Waals surface area (Å²) in [6.07, 6.45) is 8.86. The number of aliphatic hydroxyl groups excluding tert-OH is 1. The first kappa shape index (κ1) is 18.8. The van der Waals surface area contributed by atoms with Crippen LogP contribution in [0.15, 0.2) is 29.6 Å². The number of nitrogens with zero attached hydrogens (tertiary/aromatic N) is 7. The molecule has 0 aromatic carbocycles. The Bertz CT molecular complexity index is 1390. The van der Waals surface area contributed by atoms with Crippen LogP contribution >= 0.6 is 11.6 Å². The molecule has 10 nitrogen and oxygen atoms in total. The molecule has 0 saturated heterocycles. The van der Waals surface area contributed by atoms with Crippen LogP contribution in [-0.4, -0.2) is 44.9 Å². The second kappa shape index (κ2) is 6.51. The van der Waals surface area contributed by atoms with Crippen molar-refractivity contribution >= 4 is 40.0 Å². The molecule has 1 spiro atoms. The molecule has 31 heavy (non-hydrogen) atoms. The van der Waals surface area contributed by atoms with Crippen molar-refractivity contribution in [1.29, 1.82) is 0 Å². The Morgan fingerprint density at radius 1 is 1.29 bits per heavy atom. The zero-order valence-corrected chi connectivity index (χ0v) is 17.6. The highest BCUT2D eigenvalue weighted by Crippen LogP contribution is 2.58. The van der Waals surface area contributed by atoms with Gasteiger partial charge in [-0.15, -0.1) is 0 Å². The highest BCUT2D eigenvalue weighted by Gasteiger charge is 2.52. The average molecular weight is 441 g/mol. The van der Waals surface area contributed by atoms with E-state index in [2.05, 4.69) is 25.4 Å². The lowest BCUT2D eigenvalue weighted by Crippen LogP contribution is -2.35. The second-order valence-corrected chi connectivity index (χ2v) is 9.06. The Kier molecular flexibility index (Phi) is 3.94. The molecule has 4 aromatic rings. The number of hydrogen-bond donors (Lipinski definition) is 2. The minimum absolute atomic E-state index is 0.0138. The summed E-state index contributed by atoms with van der Waals surface area (Å²) in [5, 5.41) is 18.1. The maximum absolute atomic E-state index is 13.1. The Hall–Kier alpha value is -2.98. The maximum Gasteiger partial charge on any atom is 0.330 e. The Labute approximate surface area is 181 Å². The number of imidazole rings is 1. The zero-order chi connectivity index (χ0) is 21.3. The molecule has 2 fully saturated rings. The van der Waals surface area contributed by atoms with Crippen LogP contribution < -0.4 is 11.0 Å². The van der Waals surface area contributed by atoms with Gasteiger partial charge in [-0.2, -0.15) is 10.1 Å². The van der Waals surface area contributed by atoms with E-state index in [1.54, 1.807) is 39.2 Å². The van der Waals surface area contributed by atoms with Gasteiger partial charge in [-0.1, -0.05) is 11.6 Å². The number of aryl methyl sites for hydroxylation is 1. The summed E-state index contributed by atoms with van der Waals surface area (Å²) in [6, 6.07) is 1.72. The third kappa shape index (κ3) is 2.85. The van der Waals surface area contributed by atoms with E-state index in [9.17, 15) is 9.90 Å². The lowest BCUT2D eigenvalue weighted by atomic mass is 9.80. The third-order valence-corrected chi connectivity index (χ3v) is 7.14. The number of pyridine rings is 1. The lowest BCUT2D eigenvalue weighted by Gasteiger charge is -2.34. The number of aliphatic hydroxyl groups is 1. The first-order valence-corrected chi connectivity index (χ1v) is 10.7. The molecule has 0 bridgehead atoms. The van der Waals surface area contributed by atoms with Crippen LogP contribution in [0.4, 0.5) is 11.6 Å². The van der Waals surface area contributed by atoms with Crippen molar-refractivity contribution in [2.75, 3.05) is 5.32 Å². The van der Waals surface area contributed by atoms with Crippen LogP contribution in [0, 0.1) is 5.41 Å². The van der Waals surface area contributed by atoms with Gasteiger partial charge in [-0.3, -0.25) is 9.13 Å². The molecule has 2 atom stereocenters. The van der Waals surface area contributed by atoms with Gasteiger partial charge in [-0.05, 0) is 37.5 Å². The number of aromatic nitrogens is 7. The molecular weight excluding hydrogens is 420 g/mol. The summed E-state index contributed by atoms with van der Waals surface area (Å²) in [5.41, 5.74) is 2.34. The van der Waals surface area contributed by atoms with Crippen LogP contribution in [0.2, 0.25) is 5.02 Å². The van der Waals surface area contributed by atoms with Gasteiger partial charge < -0.3 is 10.4 Å². The van der Waals surface area contributed by atoms with Crippen LogP contribution in [0.25, 0.3) is 16.8 Å². The van der Waals surface area contributed by atoms with Crippen molar-refractivity contribution in [2.45, 2.75) is 44.2 Å². The Morgan fingerprint density at radius 3 is 2.94 bits per heavy atom. The number of nitrogens with one attached hydrogen (secondary N) is 1. The van der Waals surface area contributed by atoms with Gasteiger partial charge in [-0.25, -0.2) is 19.3 Å². The van der Waals surface area contributed by atoms with Crippen molar-refractivity contribution in [3.63, 3.8) is 0 Å². The SMILES string of the molecule is Cn1c(=O)n(C2CCC(O)C3(CC3)C2)c2nc(Nc3cn4ncnc4cc3Cl)ncc21. The smallest absolute Gasteiger partial charge is 0.330 e. The summed E-state index contributed by atoms with van der Waals surface area (Å²) in [5.74, 6) is 0.338. The van der Waals surface area contributed by atoms with Crippen molar-refractivity contribution in [3.05, 3.63) is 40.3 Å². The molecule has 2 unspecified atom stereocenters. The lowest BCUT2D eigenvalue weighted by molar-refractivity contribution is 0.0352. The summed E-state index contributed by atoms with van der Waals surface area (Å²) in [6.45, 7) is 0. The van der Waals surface area contributed by atoms with E-state index in [4.69, 9.17) is 11.6 Å². The first-order chi connectivity index (χ1) is 14.9. The summed E-state index contributed by atoms with van der Waals surface area (Å²) < 4.78 is 4.96. The molecule has 6 rings (SSSR count). The van der Waals surface area contributed by atoms with Crippen LogP contribution in [0.3, 0.4) is 0 Å². The predicted molar refractivity (Wildman–Crippen MR) is 115 cm³/mol. The molecule has 0 radical (unpaired) electrons. The van der Waals surface area contributed by atoms with E-state index < -0.39 is 0 Å². The van der Waals surface area contributed by atoms with E-state index in [0.717, 1.165) is 25.7 Å². The van der Waals surface area contributed by atoms with E-state index in [1.807, 2.05) is 0 Å². The summed E-state index contributed by atoms with van der Waals surface area (Å²) >= 11 is 6.38. The van der Waals surface area contributed by atoms with Crippen molar-refractivity contribution < 1.29 is 5.11 Å². The fraction of sp³-hybridized carbons (Fsp3) is 0.450. The average Bonchev–Trinajstić information content (AvgIpc) is 3.30. The molecule has 2 saturated carbocycles. The van der Waals surface area contributed by atoms with E-state index >= 15 is 0 Å². The monoisotopic (exact) mass is 440 g/mol. The number of halogens is 1. The summed E-state index contributed by atoms with van der Waals surface area (Å²) in [4.78, 5) is 26.3. The molecule has 2 N–H and O–H groups in total. The Morgan fingerprint density at radius 2 is 2.13 bits per heavy atom. The second-order valence-electron chi connectivity index (χ2n) is 8.65. The van der Waals surface area contributed by atoms with Gasteiger partial charge in [0.1, 0.15) is 11.8 Å². The maximum atomic E-state index is 13.1. The molecule has 2 aliphatic rings. The highest BCUT2D eigenvalue weighted by molar-refractivity contribution is 6.33. The number of hydrogen-bond acceptors (Lipinski definition) is 7. The third-order valence-electron chi connectivity index (χ3n) is 6.82. The minimum atomic E-state index is -0.268. The van der Waals surface area contributed by atoms with Crippen LogP contribution in [0.1, 0.15) is 38.1 Å². The molecule has 0 aliphatic heterocycles. The molecule has 160 valence electrons. The molecule has 0 amide bonds. The number of rotatable bonds is 3. The largest absolute Gasteiger partial charge is 0.393 e. The zero-order valence-electron chi connectivity index (χ0n) is 16.9. The topological polar surface area (TPSA) is 115 Å². The number of anilines is 2. The Balaban J connectivity index is 1.41. The van der Waals surface area contributed by atoms with Crippen LogP contribution in [-0.2, 0) is 7.05 Å². The highest BCUT2D eigenvalue weighted by atomic mass is 35.5. The van der Waals surface area contributed by atoms with Crippen molar-refractivity contribution in [2.24, 2.45) is 12.5 Å².